The largest absolute Gasteiger partial charge is 0.497 e. The van der Waals surface area contributed by atoms with E-state index in [0.717, 1.165) is 12.3 Å². The average Bonchev–Trinajstić information content (AvgIpc) is 2.50. The lowest BCUT2D eigenvalue weighted by Gasteiger charge is -2.21. The Bertz CT molecular complexity index is 325. The van der Waals surface area contributed by atoms with Crippen LogP contribution in [0.1, 0.15) is 58.9 Å². The molecule has 0 unspecified atom stereocenters. The van der Waals surface area contributed by atoms with Crippen molar-refractivity contribution in [1.29, 1.82) is 0 Å². The van der Waals surface area contributed by atoms with Crippen LogP contribution in [0.3, 0.4) is 0 Å². The summed E-state index contributed by atoms with van der Waals surface area (Å²) in [5.74, 6) is 0.956. The fraction of sp³-hybridized carbons (Fsp3) is 0.667. The molecule has 0 aromatic heterocycles. The van der Waals surface area contributed by atoms with E-state index in [2.05, 4.69) is 36.9 Å². The first-order valence-corrected chi connectivity index (χ1v) is 8.15. The minimum Gasteiger partial charge on any atom is -0.497 e. The van der Waals surface area contributed by atoms with Crippen LogP contribution in [0.25, 0.3) is 0 Å². The Morgan fingerprint density at radius 2 is 1.75 bits per heavy atom. The van der Waals surface area contributed by atoms with Gasteiger partial charge in [-0.25, -0.2) is 0 Å². The molecule has 0 aliphatic heterocycles. The third-order valence-corrected chi connectivity index (χ3v) is 3.16. The molecule has 0 bridgehead atoms. The van der Waals surface area contributed by atoms with Crippen molar-refractivity contribution < 1.29 is 4.74 Å². The van der Waals surface area contributed by atoms with Gasteiger partial charge in [-0.2, -0.15) is 0 Å². The number of rotatable bonds is 9. The van der Waals surface area contributed by atoms with Crippen LogP contribution in [0.15, 0.2) is 24.3 Å². The number of unbranched alkanes of at least 4 members (excludes halogenated alkanes) is 2. The van der Waals surface area contributed by atoms with E-state index in [4.69, 9.17) is 4.74 Å². The lowest BCUT2D eigenvalue weighted by atomic mass is 10.1. The van der Waals surface area contributed by atoms with Crippen LogP contribution in [-0.2, 0) is 6.54 Å². The first-order valence-electron chi connectivity index (χ1n) is 8.15. The van der Waals surface area contributed by atoms with E-state index < -0.39 is 0 Å². The third kappa shape index (κ3) is 8.21. The minimum atomic E-state index is 0.956. The summed E-state index contributed by atoms with van der Waals surface area (Å²) in [7, 11) is 1.73. The second kappa shape index (κ2) is 13.0. The topological polar surface area (TPSA) is 12.5 Å². The maximum absolute atomic E-state index is 5.28. The van der Waals surface area contributed by atoms with Crippen LogP contribution in [0, 0.1) is 0 Å². The summed E-state index contributed by atoms with van der Waals surface area (Å²) in [6, 6.07) is 8.41. The molecule has 0 saturated heterocycles. The number of ether oxygens (including phenoxy) is 1. The zero-order valence-corrected chi connectivity index (χ0v) is 14.1. The molecule has 0 radical (unpaired) electrons. The lowest BCUT2D eigenvalue weighted by Crippen LogP contribution is -2.25. The number of methoxy groups -OCH3 is 1. The molecule has 0 spiro atoms. The quantitative estimate of drug-likeness (QED) is 0.581. The molecule has 116 valence electrons. The van der Waals surface area contributed by atoms with Crippen LogP contribution in [0.4, 0.5) is 0 Å². The number of hydrogen-bond donors (Lipinski definition) is 0. The Kier molecular flexibility index (Phi) is 12.3. The van der Waals surface area contributed by atoms with Crippen molar-refractivity contribution in [2.75, 3.05) is 20.2 Å². The highest BCUT2D eigenvalue weighted by atomic mass is 16.5. The van der Waals surface area contributed by atoms with E-state index in [1.165, 1.54) is 44.3 Å². The number of hydrogen-bond acceptors (Lipinski definition) is 2. The first-order chi connectivity index (χ1) is 9.80. The zero-order chi connectivity index (χ0) is 15.2. The summed E-state index contributed by atoms with van der Waals surface area (Å²) in [5.41, 5.74) is 1.35. The summed E-state index contributed by atoms with van der Waals surface area (Å²) >= 11 is 0. The van der Waals surface area contributed by atoms with Crippen LogP contribution in [-0.4, -0.2) is 25.1 Å². The normalized spacial score (nSPS) is 10.1. The molecular weight excluding hydrogens is 246 g/mol. The minimum absolute atomic E-state index is 0.956. The van der Waals surface area contributed by atoms with E-state index in [0.29, 0.717) is 0 Å². The van der Waals surface area contributed by atoms with Crippen LogP contribution >= 0.6 is 0 Å². The van der Waals surface area contributed by atoms with Gasteiger partial charge in [-0.1, -0.05) is 52.7 Å². The van der Waals surface area contributed by atoms with Crippen molar-refractivity contribution in [2.24, 2.45) is 0 Å². The predicted molar refractivity (Wildman–Crippen MR) is 89.4 cm³/mol. The van der Waals surface area contributed by atoms with Crippen LogP contribution in [0.2, 0.25) is 0 Å². The Morgan fingerprint density at radius 1 is 1.00 bits per heavy atom. The standard InChI is InChI=1S/C16H27NO.C2H6/c1-4-6-7-12-17(11-5-2)14-15-9-8-10-16(13-15)18-3;1-2/h8-10,13H,4-7,11-12,14H2,1-3H3;1-2H3. The van der Waals surface area contributed by atoms with Crippen molar-refractivity contribution in [3.05, 3.63) is 29.8 Å². The highest BCUT2D eigenvalue weighted by Gasteiger charge is 2.05. The van der Waals surface area contributed by atoms with Gasteiger partial charge in [-0.3, -0.25) is 4.90 Å². The Morgan fingerprint density at radius 3 is 2.35 bits per heavy atom. The van der Waals surface area contributed by atoms with Gasteiger partial charge in [-0.15, -0.1) is 0 Å². The van der Waals surface area contributed by atoms with E-state index in [-0.39, 0.29) is 0 Å². The Labute approximate surface area is 126 Å². The maximum atomic E-state index is 5.28. The molecule has 0 atom stereocenters. The fourth-order valence-corrected chi connectivity index (χ4v) is 2.20. The molecule has 0 fully saturated rings. The SMILES string of the molecule is CC.CCCCCN(CCC)Cc1cccc(OC)c1. The molecule has 0 heterocycles. The molecule has 0 amide bonds. The number of benzene rings is 1. The molecule has 0 aliphatic carbocycles. The summed E-state index contributed by atoms with van der Waals surface area (Å²) in [6.45, 7) is 11.9. The van der Waals surface area contributed by atoms with Gasteiger partial charge in [-0.05, 0) is 43.6 Å². The maximum Gasteiger partial charge on any atom is 0.119 e. The zero-order valence-electron chi connectivity index (χ0n) is 14.1. The molecule has 0 aliphatic rings. The van der Waals surface area contributed by atoms with Crippen LogP contribution < -0.4 is 4.74 Å². The fourth-order valence-electron chi connectivity index (χ4n) is 2.20. The van der Waals surface area contributed by atoms with Crippen LogP contribution in [0.5, 0.6) is 5.75 Å². The Balaban J connectivity index is 0.00000172. The molecule has 0 N–H and O–H groups in total. The average molecular weight is 279 g/mol. The summed E-state index contributed by atoms with van der Waals surface area (Å²) in [4.78, 5) is 2.55. The Hall–Kier alpha value is -1.02. The molecule has 1 aromatic rings. The van der Waals surface area contributed by atoms with Gasteiger partial charge in [0.05, 0.1) is 7.11 Å². The lowest BCUT2D eigenvalue weighted by molar-refractivity contribution is 0.259. The van der Waals surface area contributed by atoms with Gasteiger partial charge < -0.3 is 4.74 Å². The van der Waals surface area contributed by atoms with Gasteiger partial charge in [0, 0.05) is 6.54 Å². The van der Waals surface area contributed by atoms with Crippen molar-refractivity contribution in [3.8, 4) is 5.75 Å². The van der Waals surface area contributed by atoms with E-state index in [1.807, 2.05) is 19.9 Å². The van der Waals surface area contributed by atoms with Gasteiger partial charge >= 0.3 is 0 Å². The van der Waals surface area contributed by atoms with Crippen molar-refractivity contribution in [1.82, 2.24) is 4.90 Å². The van der Waals surface area contributed by atoms with Gasteiger partial charge in [0.2, 0.25) is 0 Å². The van der Waals surface area contributed by atoms with Crippen molar-refractivity contribution >= 4 is 0 Å². The van der Waals surface area contributed by atoms with Gasteiger partial charge in [0.15, 0.2) is 0 Å². The summed E-state index contributed by atoms with van der Waals surface area (Å²) in [6.07, 6.45) is 5.15. The van der Waals surface area contributed by atoms with Crippen molar-refractivity contribution in [3.63, 3.8) is 0 Å². The third-order valence-electron chi connectivity index (χ3n) is 3.16. The van der Waals surface area contributed by atoms with Gasteiger partial charge in [0.1, 0.15) is 5.75 Å². The highest BCUT2D eigenvalue weighted by molar-refractivity contribution is 5.28. The highest BCUT2D eigenvalue weighted by Crippen LogP contribution is 2.15. The molecule has 2 nitrogen and oxygen atoms in total. The second-order valence-electron chi connectivity index (χ2n) is 4.83. The smallest absolute Gasteiger partial charge is 0.119 e. The summed E-state index contributed by atoms with van der Waals surface area (Å²) in [5, 5.41) is 0. The molecule has 2 heteroatoms. The second-order valence-corrected chi connectivity index (χ2v) is 4.83. The van der Waals surface area contributed by atoms with Gasteiger partial charge in [0.25, 0.3) is 0 Å². The molecule has 1 rings (SSSR count). The molecule has 0 saturated carbocycles. The first kappa shape index (κ1) is 19.0. The molecule has 20 heavy (non-hydrogen) atoms. The van der Waals surface area contributed by atoms with E-state index in [1.54, 1.807) is 7.11 Å². The number of nitrogens with zero attached hydrogens (tertiary/aromatic N) is 1. The molecular formula is C18H33NO. The van der Waals surface area contributed by atoms with Crippen molar-refractivity contribution in [2.45, 2.75) is 59.9 Å². The van der Waals surface area contributed by atoms with E-state index >= 15 is 0 Å². The monoisotopic (exact) mass is 279 g/mol. The predicted octanol–water partition coefficient (Wildman–Crippen LogP) is 5.12. The summed E-state index contributed by atoms with van der Waals surface area (Å²) < 4.78 is 5.28. The molecule has 1 aromatic carbocycles. The van der Waals surface area contributed by atoms with E-state index in [9.17, 15) is 0 Å².